The topological polar surface area (TPSA) is 75.9 Å². The summed E-state index contributed by atoms with van der Waals surface area (Å²) in [6.45, 7) is 3.41. The monoisotopic (exact) mass is 211 g/mol. The van der Waals surface area contributed by atoms with Gasteiger partial charge in [0.15, 0.2) is 0 Å². The number of carbonyl (C=O) groups is 1. The van der Waals surface area contributed by atoms with E-state index in [0.717, 1.165) is 11.3 Å². The third-order valence-corrected chi connectivity index (χ3v) is 2.61. The summed E-state index contributed by atoms with van der Waals surface area (Å²) in [5.41, 5.74) is 0.140. The molecule has 0 fully saturated rings. The van der Waals surface area contributed by atoms with Gasteiger partial charge in [0, 0.05) is 0 Å². The Labute approximate surface area is 85.3 Å². The Kier molecular flexibility index (Phi) is 3.14. The number of hydrogen-bond acceptors (Lipinski definition) is 6. The lowest BCUT2D eigenvalue weighted by Gasteiger charge is -2.15. The number of nitriles is 1. The molecular weight excluding hydrogens is 202 g/mol. The van der Waals surface area contributed by atoms with Gasteiger partial charge in [-0.3, -0.25) is 0 Å². The summed E-state index contributed by atoms with van der Waals surface area (Å²) in [5.74, 6) is -0.584. The van der Waals surface area contributed by atoms with Gasteiger partial charge >= 0.3 is 5.97 Å². The lowest BCUT2D eigenvalue weighted by Crippen LogP contribution is -2.32. The van der Waals surface area contributed by atoms with Crippen LogP contribution in [0.5, 0.6) is 0 Å². The Balaban J connectivity index is 3.00. The van der Waals surface area contributed by atoms with Gasteiger partial charge in [0.25, 0.3) is 0 Å². The maximum absolute atomic E-state index is 11.5. The van der Waals surface area contributed by atoms with Crippen LogP contribution in [0.4, 0.5) is 0 Å². The van der Waals surface area contributed by atoms with Crippen molar-refractivity contribution in [1.82, 2.24) is 10.2 Å². The van der Waals surface area contributed by atoms with E-state index >= 15 is 0 Å². The quantitative estimate of drug-likeness (QED) is 0.694. The van der Waals surface area contributed by atoms with Crippen molar-refractivity contribution in [3.05, 3.63) is 10.5 Å². The third kappa shape index (κ3) is 1.72. The van der Waals surface area contributed by atoms with Crippen molar-refractivity contribution in [2.24, 2.45) is 0 Å². The molecule has 1 unspecified atom stereocenters. The zero-order chi connectivity index (χ0) is 10.6. The minimum Gasteiger partial charge on any atom is -0.464 e. The highest BCUT2D eigenvalue weighted by Crippen LogP contribution is 2.25. The van der Waals surface area contributed by atoms with Gasteiger partial charge in [-0.2, -0.15) is 5.26 Å². The van der Waals surface area contributed by atoms with Gasteiger partial charge in [-0.05, 0) is 13.8 Å². The molecule has 74 valence electrons. The van der Waals surface area contributed by atoms with Crippen LogP contribution in [0, 0.1) is 11.3 Å². The van der Waals surface area contributed by atoms with Gasteiger partial charge in [0.1, 0.15) is 10.5 Å². The molecule has 0 spiro atoms. The molecule has 0 saturated carbocycles. The predicted octanol–water partition coefficient (Wildman–Crippen LogP) is 0.882. The van der Waals surface area contributed by atoms with Crippen LogP contribution in [0.15, 0.2) is 5.51 Å². The normalized spacial score (nSPS) is 14.1. The summed E-state index contributed by atoms with van der Waals surface area (Å²) < 4.78 is 4.80. The molecule has 14 heavy (non-hydrogen) atoms. The lowest BCUT2D eigenvalue weighted by molar-refractivity contribution is -0.147. The molecular formula is C8H9N3O2S. The van der Waals surface area contributed by atoms with E-state index in [-0.39, 0.29) is 6.61 Å². The molecule has 1 rings (SSSR count). The Morgan fingerprint density at radius 3 is 3.00 bits per heavy atom. The van der Waals surface area contributed by atoms with Crippen LogP contribution in [-0.4, -0.2) is 22.8 Å². The van der Waals surface area contributed by atoms with E-state index in [1.807, 2.05) is 6.07 Å². The first-order valence-electron chi connectivity index (χ1n) is 4.00. The minimum atomic E-state index is -1.34. The standard InChI is InChI=1S/C8H9N3O2S/c1-3-13-7(12)8(2,4-9)6-11-10-5-14-6/h5H,3H2,1-2H3. The molecule has 0 aliphatic rings. The minimum absolute atomic E-state index is 0.245. The molecule has 5 nitrogen and oxygen atoms in total. The number of esters is 1. The van der Waals surface area contributed by atoms with E-state index in [4.69, 9.17) is 10.00 Å². The molecule has 0 aliphatic heterocycles. The summed E-state index contributed by atoms with van der Waals surface area (Å²) in [5, 5.41) is 16.6. The van der Waals surface area contributed by atoms with Gasteiger partial charge in [-0.1, -0.05) is 0 Å². The SMILES string of the molecule is CCOC(=O)C(C)(C#N)c1nncs1. The lowest BCUT2D eigenvalue weighted by atomic mass is 9.94. The number of carbonyl (C=O) groups excluding carboxylic acids is 1. The smallest absolute Gasteiger partial charge is 0.333 e. The highest BCUT2D eigenvalue weighted by Gasteiger charge is 2.40. The average Bonchev–Trinajstić information content (AvgIpc) is 2.70. The van der Waals surface area contributed by atoms with Crippen LogP contribution in [-0.2, 0) is 14.9 Å². The van der Waals surface area contributed by atoms with E-state index in [0.29, 0.717) is 5.01 Å². The number of nitrogens with zero attached hydrogens (tertiary/aromatic N) is 3. The number of hydrogen-bond donors (Lipinski definition) is 0. The van der Waals surface area contributed by atoms with Crippen LogP contribution in [0.2, 0.25) is 0 Å². The average molecular weight is 211 g/mol. The first kappa shape index (κ1) is 10.6. The maximum atomic E-state index is 11.5. The Hall–Kier alpha value is -1.48. The van der Waals surface area contributed by atoms with Crippen LogP contribution in [0.1, 0.15) is 18.9 Å². The van der Waals surface area contributed by atoms with Crippen molar-refractivity contribution >= 4 is 17.3 Å². The second-order valence-electron chi connectivity index (χ2n) is 2.70. The van der Waals surface area contributed by atoms with E-state index in [2.05, 4.69) is 10.2 Å². The van der Waals surface area contributed by atoms with Gasteiger partial charge in [0.2, 0.25) is 5.41 Å². The first-order valence-corrected chi connectivity index (χ1v) is 4.88. The summed E-state index contributed by atoms with van der Waals surface area (Å²) >= 11 is 1.16. The molecule has 0 saturated heterocycles. The van der Waals surface area contributed by atoms with Crippen molar-refractivity contribution in [2.75, 3.05) is 6.61 Å². The molecule has 1 atom stereocenters. The summed E-state index contributed by atoms with van der Waals surface area (Å²) in [7, 11) is 0. The van der Waals surface area contributed by atoms with E-state index in [1.165, 1.54) is 12.4 Å². The zero-order valence-corrected chi connectivity index (χ0v) is 8.67. The maximum Gasteiger partial charge on any atom is 0.333 e. The molecule has 1 aromatic rings. The second-order valence-corrected chi connectivity index (χ2v) is 3.53. The summed E-state index contributed by atoms with van der Waals surface area (Å²) in [4.78, 5) is 11.5. The van der Waals surface area contributed by atoms with Crippen LogP contribution in [0.25, 0.3) is 0 Å². The van der Waals surface area contributed by atoms with Crippen LogP contribution < -0.4 is 0 Å². The van der Waals surface area contributed by atoms with Gasteiger partial charge < -0.3 is 4.74 Å². The number of rotatable bonds is 3. The van der Waals surface area contributed by atoms with E-state index in [9.17, 15) is 4.79 Å². The Morgan fingerprint density at radius 1 is 1.86 bits per heavy atom. The van der Waals surface area contributed by atoms with Crippen molar-refractivity contribution in [1.29, 1.82) is 5.26 Å². The number of ether oxygens (including phenoxy) is 1. The van der Waals surface area contributed by atoms with Crippen LogP contribution in [0.3, 0.4) is 0 Å². The second kappa shape index (κ2) is 4.15. The fourth-order valence-electron chi connectivity index (χ4n) is 0.847. The summed E-state index contributed by atoms with van der Waals surface area (Å²) in [6.07, 6.45) is 0. The Bertz CT molecular complexity index is 357. The highest BCUT2D eigenvalue weighted by atomic mass is 32.1. The molecule has 0 aromatic carbocycles. The predicted molar refractivity (Wildman–Crippen MR) is 49.5 cm³/mol. The molecule has 0 aliphatic carbocycles. The zero-order valence-electron chi connectivity index (χ0n) is 7.85. The fraction of sp³-hybridized carbons (Fsp3) is 0.500. The van der Waals surface area contributed by atoms with Crippen molar-refractivity contribution < 1.29 is 9.53 Å². The molecule has 1 heterocycles. The van der Waals surface area contributed by atoms with Gasteiger partial charge in [0.05, 0.1) is 12.7 Å². The molecule has 1 aromatic heterocycles. The largest absolute Gasteiger partial charge is 0.464 e. The molecule has 0 N–H and O–H groups in total. The third-order valence-electron chi connectivity index (χ3n) is 1.70. The molecule has 0 bridgehead atoms. The molecule has 6 heteroatoms. The van der Waals surface area contributed by atoms with E-state index in [1.54, 1.807) is 6.92 Å². The fourth-order valence-corrected chi connectivity index (χ4v) is 1.50. The van der Waals surface area contributed by atoms with Gasteiger partial charge in [-0.25, -0.2) is 4.79 Å². The van der Waals surface area contributed by atoms with Crippen molar-refractivity contribution in [3.63, 3.8) is 0 Å². The summed E-state index contributed by atoms with van der Waals surface area (Å²) in [6, 6.07) is 1.90. The Morgan fingerprint density at radius 2 is 2.57 bits per heavy atom. The van der Waals surface area contributed by atoms with E-state index < -0.39 is 11.4 Å². The van der Waals surface area contributed by atoms with Crippen LogP contribution >= 0.6 is 11.3 Å². The van der Waals surface area contributed by atoms with Gasteiger partial charge in [-0.15, -0.1) is 21.5 Å². The van der Waals surface area contributed by atoms with Crippen molar-refractivity contribution in [3.8, 4) is 6.07 Å². The number of aromatic nitrogens is 2. The highest BCUT2D eigenvalue weighted by molar-refractivity contribution is 7.09. The molecule has 0 radical (unpaired) electrons. The first-order chi connectivity index (χ1) is 6.65. The van der Waals surface area contributed by atoms with Crippen molar-refractivity contribution in [2.45, 2.75) is 19.3 Å². The molecule has 0 amide bonds.